The summed E-state index contributed by atoms with van der Waals surface area (Å²) in [6.07, 6.45) is -0.0773. The summed E-state index contributed by atoms with van der Waals surface area (Å²) < 4.78 is 4.90. The number of carbonyl (C=O) groups excluding carboxylic acids is 1. The van der Waals surface area contributed by atoms with Crippen molar-refractivity contribution in [1.82, 2.24) is 4.98 Å². The maximum atomic E-state index is 12.1. The predicted octanol–water partition coefficient (Wildman–Crippen LogP) is 3.49. The lowest BCUT2D eigenvalue weighted by Crippen LogP contribution is -2.17. The Hall–Kier alpha value is -2.38. The van der Waals surface area contributed by atoms with Crippen molar-refractivity contribution in [2.75, 3.05) is 12.4 Å². The van der Waals surface area contributed by atoms with E-state index in [1.807, 2.05) is 0 Å². The van der Waals surface area contributed by atoms with Crippen LogP contribution in [0.15, 0.2) is 30.3 Å². The Morgan fingerprint density at radius 1 is 1.35 bits per heavy atom. The third-order valence-electron chi connectivity index (χ3n) is 2.88. The highest BCUT2D eigenvalue weighted by Gasteiger charge is 2.19. The molecule has 0 saturated heterocycles. The van der Waals surface area contributed by atoms with Gasteiger partial charge in [-0.2, -0.15) is 4.98 Å². The molecule has 1 aromatic heterocycles. The van der Waals surface area contributed by atoms with Crippen molar-refractivity contribution in [2.24, 2.45) is 0 Å². The number of nitrogens with zero attached hydrogens (tertiary/aromatic N) is 2. The van der Waals surface area contributed by atoms with Crippen LogP contribution in [0.4, 0.5) is 11.5 Å². The van der Waals surface area contributed by atoms with Gasteiger partial charge in [0, 0.05) is 22.2 Å². The first kappa shape index (κ1) is 17.0. The summed E-state index contributed by atoms with van der Waals surface area (Å²) in [5.74, 6) is -0.544. The number of hydrogen-bond acceptors (Lipinski definition) is 5. The smallest absolute Gasteiger partial charge is 0.312 e. The highest BCUT2D eigenvalue weighted by Crippen LogP contribution is 2.26. The van der Waals surface area contributed by atoms with Crippen molar-refractivity contribution >= 4 is 40.6 Å². The van der Waals surface area contributed by atoms with Gasteiger partial charge >= 0.3 is 5.69 Å². The second-order valence-corrected chi connectivity index (χ2v) is 5.28. The van der Waals surface area contributed by atoms with E-state index in [1.165, 1.54) is 25.3 Å². The molecule has 0 saturated carbocycles. The first-order chi connectivity index (χ1) is 10.9. The van der Waals surface area contributed by atoms with Gasteiger partial charge in [-0.3, -0.25) is 14.9 Å². The van der Waals surface area contributed by atoms with E-state index in [2.05, 4.69) is 10.3 Å². The maximum absolute atomic E-state index is 12.1. The van der Waals surface area contributed by atoms with Gasteiger partial charge in [0.25, 0.3) is 0 Å². The molecule has 0 atom stereocenters. The Bertz CT molecular complexity index is 768. The molecule has 2 rings (SSSR count). The van der Waals surface area contributed by atoms with E-state index < -0.39 is 10.8 Å². The maximum Gasteiger partial charge on any atom is 0.312 e. The quantitative estimate of drug-likeness (QED) is 0.654. The Kier molecular flexibility index (Phi) is 5.36. The molecule has 23 heavy (non-hydrogen) atoms. The number of nitrogens with one attached hydrogen (secondary N) is 1. The number of amides is 1. The zero-order chi connectivity index (χ0) is 17.0. The molecule has 2 aromatic rings. The fourth-order valence-electron chi connectivity index (χ4n) is 1.80. The van der Waals surface area contributed by atoms with Crippen LogP contribution in [0.3, 0.4) is 0 Å². The number of aromatic nitrogens is 1. The highest BCUT2D eigenvalue weighted by molar-refractivity contribution is 6.35. The monoisotopic (exact) mass is 355 g/mol. The number of anilines is 1. The standard InChI is InChI=1S/C14H11Cl2N3O4/c1-23-13-5-4-11(19(21)22)14(18-13)17-12(20)6-8-2-3-9(15)7-10(8)16/h2-5,7H,6H2,1H3,(H,17,18,20). The average Bonchev–Trinajstić information content (AvgIpc) is 2.49. The fraction of sp³-hybridized carbons (Fsp3) is 0.143. The van der Waals surface area contributed by atoms with Crippen LogP contribution in [0.25, 0.3) is 0 Å². The van der Waals surface area contributed by atoms with Gasteiger partial charge in [0.05, 0.1) is 18.5 Å². The highest BCUT2D eigenvalue weighted by atomic mass is 35.5. The molecule has 9 heteroatoms. The number of rotatable bonds is 5. The lowest BCUT2D eigenvalue weighted by molar-refractivity contribution is -0.384. The Balaban J connectivity index is 2.20. The Morgan fingerprint density at radius 2 is 2.09 bits per heavy atom. The molecular weight excluding hydrogens is 345 g/mol. The molecule has 0 aliphatic heterocycles. The lowest BCUT2D eigenvalue weighted by Gasteiger charge is -2.08. The average molecular weight is 356 g/mol. The van der Waals surface area contributed by atoms with E-state index in [1.54, 1.807) is 12.1 Å². The Morgan fingerprint density at radius 3 is 2.70 bits per heavy atom. The largest absolute Gasteiger partial charge is 0.481 e. The summed E-state index contributed by atoms with van der Waals surface area (Å²) in [5, 5.41) is 14.2. The van der Waals surface area contributed by atoms with Gasteiger partial charge in [-0.15, -0.1) is 0 Å². The van der Waals surface area contributed by atoms with Gasteiger partial charge < -0.3 is 10.1 Å². The summed E-state index contributed by atoms with van der Waals surface area (Å²) >= 11 is 11.8. The van der Waals surface area contributed by atoms with E-state index >= 15 is 0 Å². The first-order valence-corrected chi connectivity index (χ1v) is 7.09. The van der Waals surface area contributed by atoms with Gasteiger partial charge in [0.2, 0.25) is 17.6 Å². The van der Waals surface area contributed by atoms with E-state index in [4.69, 9.17) is 27.9 Å². The molecule has 1 N–H and O–H groups in total. The van der Waals surface area contributed by atoms with E-state index in [0.29, 0.717) is 15.6 Å². The van der Waals surface area contributed by atoms with Crippen molar-refractivity contribution in [3.8, 4) is 5.88 Å². The minimum Gasteiger partial charge on any atom is -0.481 e. The van der Waals surface area contributed by atoms with Gasteiger partial charge in [-0.05, 0) is 17.7 Å². The van der Waals surface area contributed by atoms with Gasteiger partial charge in [0.1, 0.15) is 0 Å². The summed E-state index contributed by atoms with van der Waals surface area (Å²) in [4.78, 5) is 26.3. The number of benzene rings is 1. The van der Waals surface area contributed by atoms with E-state index in [-0.39, 0.29) is 23.8 Å². The van der Waals surface area contributed by atoms with Crippen LogP contribution in [-0.2, 0) is 11.2 Å². The number of methoxy groups -OCH3 is 1. The Labute approximate surface area is 141 Å². The van der Waals surface area contributed by atoms with Crippen LogP contribution in [0.5, 0.6) is 5.88 Å². The molecule has 0 fully saturated rings. The molecule has 0 radical (unpaired) electrons. The van der Waals surface area contributed by atoms with Crippen LogP contribution >= 0.6 is 23.2 Å². The molecule has 120 valence electrons. The van der Waals surface area contributed by atoms with Crippen molar-refractivity contribution in [3.05, 3.63) is 56.1 Å². The molecule has 1 heterocycles. The molecular formula is C14H11Cl2N3O4. The second kappa shape index (κ2) is 7.26. The number of carbonyl (C=O) groups is 1. The molecule has 0 aliphatic carbocycles. The van der Waals surface area contributed by atoms with Crippen molar-refractivity contribution in [1.29, 1.82) is 0 Å². The number of halogens is 2. The number of nitro groups is 1. The molecule has 1 aromatic carbocycles. The van der Waals surface area contributed by atoms with Crippen LogP contribution in [-0.4, -0.2) is 22.9 Å². The van der Waals surface area contributed by atoms with Crippen LogP contribution in [0.2, 0.25) is 10.0 Å². The second-order valence-electron chi connectivity index (χ2n) is 4.44. The van der Waals surface area contributed by atoms with Crippen molar-refractivity contribution in [2.45, 2.75) is 6.42 Å². The number of pyridine rings is 1. The molecule has 0 spiro atoms. The van der Waals surface area contributed by atoms with Crippen LogP contribution in [0.1, 0.15) is 5.56 Å². The predicted molar refractivity (Wildman–Crippen MR) is 86.2 cm³/mol. The first-order valence-electron chi connectivity index (χ1n) is 6.34. The zero-order valence-corrected chi connectivity index (χ0v) is 13.4. The molecule has 0 aliphatic rings. The fourth-order valence-corrected chi connectivity index (χ4v) is 2.28. The third-order valence-corrected chi connectivity index (χ3v) is 3.47. The number of hydrogen-bond donors (Lipinski definition) is 1. The molecule has 0 unspecified atom stereocenters. The van der Waals surface area contributed by atoms with E-state index in [0.717, 1.165) is 0 Å². The van der Waals surface area contributed by atoms with Gasteiger partial charge in [0.15, 0.2) is 0 Å². The van der Waals surface area contributed by atoms with Crippen LogP contribution < -0.4 is 10.1 Å². The molecule has 0 bridgehead atoms. The third kappa shape index (κ3) is 4.30. The lowest BCUT2D eigenvalue weighted by atomic mass is 10.1. The van der Waals surface area contributed by atoms with E-state index in [9.17, 15) is 14.9 Å². The SMILES string of the molecule is COc1ccc([N+](=O)[O-])c(NC(=O)Cc2ccc(Cl)cc2Cl)n1. The molecule has 7 nitrogen and oxygen atoms in total. The zero-order valence-electron chi connectivity index (χ0n) is 11.9. The minimum absolute atomic E-state index is 0.0773. The minimum atomic E-state index is -0.642. The molecule has 1 amide bonds. The normalized spacial score (nSPS) is 10.2. The summed E-state index contributed by atoms with van der Waals surface area (Å²) in [5.41, 5.74) is 0.209. The van der Waals surface area contributed by atoms with Gasteiger partial charge in [-0.25, -0.2) is 0 Å². The summed E-state index contributed by atoms with van der Waals surface area (Å²) in [7, 11) is 1.37. The summed E-state index contributed by atoms with van der Waals surface area (Å²) in [6.45, 7) is 0. The van der Waals surface area contributed by atoms with Crippen molar-refractivity contribution in [3.63, 3.8) is 0 Å². The topological polar surface area (TPSA) is 94.4 Å². The summed E-state index contributed by atoms with van der Waals surface area (Å²) in [6, 6.07) is 7.26. The van der Waals surface area contributed by atoms with Gasteiger partial charge in [-0.1, -0.05) is 29.3 Å². The van der Waals surface area contributed by atoms with Crippen molar-refractivity contribution < 1.29 is 14.5 Å². The number of ether oxygens (including phenoxy) is 1. The van der Waals surface area contributed by atoms with Crippen LogP contribution in [0, 0.1) is 10.1 Å².